The summed E-state index contributed by atoms with van der Waals surface area (Å²) in [5.74, 6) is 0. The molecule has 36 heavy (non-hydrogen) atoms. The van der Waals surface area contributed by atoms with E-state index in [4.69, 9.17) is 0 Å². The Kier molecular flexibility index (Phi) is 6.78. The first kappa shape index (κ1) is 23.3. The van der Waals surface area contributed by atoms with Crippen LogP contribution in [0.25, 0.3) is 10.5 Å². The zero-order valence-corrected chi connectivity index (χ0v) is 22.0. The summed E-state index contributed by atoms with van der Waals surface area (Å²) in [6, 6.07) is 52.3. The minimum Gasteiger partial charge on any atom is -0.0981 e. The Hall–Kier alpha value is -3.11. The Morgan fingerprint density at radius 3 is 1.42 bits per heavy atom. The Morgan fingerprint density at radius 1 is 0.417 bits per heavy atom. The van der Waals surface area contributed by atoms with Gasteiger partial charge < -0.3 is 0 Å². The lowest BCUT2D eigenvalue weighted by Gasteiger charge is -2.33. The van der Waals surface area contributed by atoms with Gasteiger partial charge in [0.15, 0.2) is 0 Å². The van der Waals surface area contributed by atoms with E-state index in [2.05, 4.69) is 146 Å². The van der Waals surface area contributed by atoms with Crippen LogP contribution in [0.4, 0.5) is 0 Å². The Morgan fingerprint density at radius 2 is 0.861 bits per heavy atom. The van der Waals surface area contributed by atoms with Crippen molar-refractivity contribution in [1.82, 2.24) is 0 Å². The van der Waals surface area contributed by atoms with E-state index in [1.165, 1.54) is 41.9 Å². The van der Waals surface area contributed by atoms with E-state index >= 15 is 0 Å². The first-order valence-electron chi connectivity index (χ1n) is 11.9. The van der Waals surface area contributed by atoms with Gasteiger partial charge in [-0.25, -0.2) is 0 Å². The van der Waals surface area contributed by atoms with Crippen molar-refractivity contribution >= 4 is 45.8 Å². The van der Waals surface area contributed by atoms with Crippen LogP contribution >= 0.6 is 35.3 Å². The van der Waals surface area contributed by atoms with Crippen LogP contribution in [-0.2, 0) is 4.08 Å². The molecule has 0 nitrogen and oxygen atoms in total. The second-order valence-corrected chi connectivity index (χ2v) is 12.4. The van der Waals surface area contributed by atoms with Crippen molar-refractivity contribution in [2.24, 2.45) is 0 Å². The molecule has 1 aliphatic carbocycles. The predicted octanol–water partition coefficient (Wildman–Crippen LogP) is 10.1. The number of benzene rings is 5. The topological polar surface area (TPSA) is 0 Å². The van der Waals surface area contributed by atoms with Crippen molar-refractivity contribution in [3.05, 3.63) is 162 Å². The average Bonchev–Trinajstić information content (AvgIpc) is 3.19. The quantitative estimate of drug-likeness (QED) is 0.198. The van der Waals surface area contributed by atoms with Gasteiger partial charge >= 0.3 is 0 Å². The molecule has 0 saturated carbocycles. The maximum Gasteiger partial charge on any atom is 0.123 e. The molecule has 0 aromatic heterocycles. The zero-order valence-electron chi connectivity index (χ0n) is 19.6. The van der Waals surface area contributed by atoms with Crippen molar-refractivity contribution in [1.29, 1.82) is 0 Å². The third-order valence-electron chi connectivity index (χ3n) is 6.12. The Balaban J connectivity index is 1.64. The standard InChI is InChI=1S/C33H24S3/c1-5-15-25(16-6-1)31-32(34-26-17-7-2-8-18-26)29-23-13-14-24-30(29)33(31,35-27-19-9-3-10-20-27)36-28-21-11-4-12-22-28/h1-24H. The average molecular weight is 517 g/mol. The van der Waals surface area contributed by atoms with Crippen LogP contribution in [-0.4, -0.2) is 0 Å². The Bertz CT molecular complexity index is 1440. The first-order valence-corrected chi connectivity index (χ1v) is 14.4. The summed E-state index contributed by atoms with van der Waals surface area (Å²) >= 11 is 5.76. The van der Waals surface area contributed by atoms with Gasteiger partial charge in [0.1, 0.15) is 4.08 Å². The van der Waals surface area contributed by atoms with Crippen LogP contribution in [0.3, 0.4) is 0 Å². The molecule has 174 valence electrons. The molecule has 1 aliphatic rings. The molecule has 6 rings (SSSR count). The largest absolute Gasteiger partial charge is 0.123 e. The second-order valence-electron chi connectivity index (χ2n) is 8.48. The van der Waals surface area contributed by atoms with E-state index in [-0.39, 0.29) is 4.08 Å². The fraction of sp³-hybridized carbons (Fsp3) is 0.0303. The fourth-order valence-corrected chi connectivity index (χ4v) is 9.10. The van der Waals surface area contributed by atoms with Crippen LogP contribution < -0.4 is 0 Å². The number of hydrogen-bond donors (Lipinski definition) is 0. The summed E-state index contributed by atoms with van der Waals surface area (Å²) in [6.45, 7) is 0. The highest BCUT2D eigenvalue weighted by molar-refractivity contribution is 8.18. The molecule has 5 aromatic rings. The lowest BCUT2D eigenvalue weighted by Crippen LogP contribution is -2.17. The van der Waals surface area contributed by atoms with E-state index in [9.17, 15) is 0 Å². The minimum atomic E-state index is -0.349. The highest BCUT2D eigenvalue weighted by Gasteiger charge is 2.48. The van der Waals surface area contributed by atoms with Crippen LogP contribution in [0, 0.1) is 0 Å². The molecule has 0 heterocycles. The molecule has 0 N–H and O–H groups in total. The van der Waals surface area contributed by atoms with Crippen molar-refractivity contribution in [2.75, 3.05) is 0 Å². The normalized spacial score (nSPS) is 14.0. The van der Waals surface area contributed by atoms with Crippen LogP contribution in [0.5, 0.6) is 0 Å². The molecule has 0 fully saturated rings. The van der Waals surface area contributed by atoms with Crippen molar-refractivity contribution < 1.29 is 0 Å². The van der Waals surface area contributed by atoms with Crippen molar-refractivity contribution in [3.63, 3.8) is 0 Å². The molecule has 0 radical (unpaired) electrons. The number of rotatable bonds is 7. The zero-order chi connectivity index (χ0) is 24.2. The molecule has 0 spiro atoms. The number of fused-ring (bicyclic) bond motifs is 1. The van der Waals surface area contributed by atoms with Gasteiger partial charge in [-0.15, -0.1) is 0 Å². The lowest BCUT2D eigenvalue weighted by atomic mass is 10.0. The SMILES string of the molecule is c1ccc(SC2=C(c3ccccc3)C(Sc3ccccc3)(Sc3ccccc3)c3ccccc32)cc1. The van der Waals surface area contributed by atoms with Gasteiger partial charge in [0.2, 0.25) is 0 Å². The summed E-state index contributed by atoms with van der Waals surface area (Å²) in [5, 5.41) is 0. The molecule has 3 heteroatoms. The van der Waals surface area contributed by atoms with Crippen LogP contribution in [0.1, 0.15) is 16.7 Å². The molecule has 0 aliphatic heterocycles. The molecule has 0 atom stereocenters. The van der Waals surface area contributed by atoms with Gasteiger partial charge in [0, 0.05) is 25.2 Å². The van der Waals surface area contributed by atoms with Gasteiger partial charge in [-0.05, 0) is 53.1 Å². The van der Waals surface area contributed by atoms with Gasteiger partial charge in [-0.1, -0.05) is 144 Å². The third kappa shape index (κ3) is 4.55. The predicted molar refractivity (Wildman–Crippen MR) is 158 cm³/mol. The van der Waals surface area contributed by atoms with Crippen molar-refractivity contribution in [3.8, 4) is 0 Å². The van der Waals surface area contributed by atoms with E-state index in [0.29, 0.717) is 0 Å². The first-order chi connectivity index (χ1) is 17.8. The fourth-order valence-electron chi connectivity index (χ4n) is 4.57. The molecular formula is C33H24S3. The van der Waals surface area contributed by atoms with Gasteiger partial charge in [-0.2, -0.15) is 0 Å². The third-order valence-corrected chi connectivity index (χ3v) is 10.2. The van der Waals surface area contributed by atoms with Crippen molar-refractivity contribution in [2.45, 2.75) is 18.8 Å². The summed E-state index contributed by atoms with van der Waals surface area (Å²) in [7, 11) is 0. The van der Waals surface area contributed by atoms with Gasteiger partial charge in [0.25, 0.3) is 0 Å². The monoisotopic (exact) mass is 516 g/mol. The molecule has 5 aromatic carbocycles. The number of hydrogen-bond acceptors (Lipinski definition) is 3. The summed E-state index contributed by atoms with van der Waals surface area (Å²) in [4.78, 5) is 5.10. The minimum absolute atomic E-state index is 0.349. The molecular weight excluding hydrogens is 493 g/mol. The smallest absolute Gasteiger partial charge is 0.0981 e. The molecule has 0 unspecified atom stereocenters. The molecule has 0 bridgehead atoms. The lowest BCUT2D eigenvalue weighted by molar-refractivity contribution is 1.17. The highest BCUT2D eigenvalue weighted by Crippen LogP contribution is 2.68. The number of thioether (sulfide) groups is 3. The summed E-state index contributed by atoms with van der Waals surface area (Å²) < 4.78 is -0.349. The van der Waals surface area contributed by atoms with Gasteiger partial charge in [-0.3, -0.25) is 0 Å². The summed E-state index contributed by atoms with van der Waals surface area (Å²) in [6.07, 6.45) is 0. The van der Waals surface area contributed by atoms with E-state index < -0.39 is 0 Å². The van der Waals surface area contributed by atoms with E-state index in [1.54, 1.807) is 0 Å². The van der Waals surface area contributed by atoms with E-state index in [1.807, 2.05) is 35.3 Å². The van der Waals surface area contributed by atoms with E-state index in [0.717, 1.165) is 0 Å². The van der Waals surface area contributed by atoms with Crippen LogP contribution in [0.2, 0.25) is 0 Å². The maximum atomic E-state index is 2.32. The maximum absolute atomic E-state index is 2.32. The highest BCUT2D eigenvalue weighted by atomic mass is 32.2. The Labute approximate surface area is 225 Å². The van der Waals surface area contributed by atoms with Crippen LogP contribution in [0.15, 0.2) is 160 Å². The second kappa shape index (κ2) is 10.5. The summed E-state index contributed by atoms with van der Waals surface area (Å²) in [5.41, 5.74) is 5.29. The molecule has 0 saturated heterocycles. The van der Waals surface area contributed by atoms with Gasteiger partial charge in [0.05, 0.1) is 0 Å². The molecule has 0 amide bonds.